The smallest absolute Gasteiger partial charge is 0.251 e. The lowest BCUT2D eigenvalue weighted by Crippen LogP contribution is -2.48. The van der Waals surface area contributed by atoms with Crippen LogP contribution in [0.3, 0.4) is 0 Å². The van der Waals surface area contributed by atoms with Crippen molar-refractivity contribution < 1.29 is 28.1 Å². The Morgan fingerprint density at radius 3 is 1.95 bits per heavy atom. The second kappa shape index (κ2) is 11.9. The lowest BCUT2D eigenvalue weighted by atomic mass is 9.97. The molecule has 39 heavy (non-hydrogen) atoms. The van der Waals surface area contributed by atoms with E-state index in [1.54, 1.807) is 20.3 Å². The van der Waals surface area contributed by atoms with Gasteiger partial charge in [-0.25, -0.2) is 4.39 Å². The SMILES string of the molecule is COc1ccc(COc2cc(C(=O)N[C@H]3C[C@H]4CC[C@@H](C3)N4C)cc(F)c2OCc2ccc(OC)cc2)cc1. The molecule has 1 amide bonds. The van der Waals surface area contributed by atoms with Gasteiger partial charge in [-0.3, -0.25) is 4.79 Å². The summed E-state index contributed by atoms with van der Waals surface area (Å²) in [5, 5.41) is 3.13. The van der Waals surface area contributed by atoms with Gasteiger partial charge >= 0.3 is 0 Å². The van der Waals surface area contributed by atoms with Gasteiger partial charge in [-0.15, -0.1) is 0 Å². The van der Waals surface area contributed by atoms with Gasteiger partial charge in [0, 0.05) is 23.7 Å². The van der Waals surface area contributed by atoms with E-state index in [9.17, 15) is 4.79 Å². The summed E-state index contributed by atoms with van der Waals surface area (Å²) < 4.78 is 37.8. The number of nitrogens with zero attached hydrogens (tertiary/aromatic N) is 1. The predicted octanol–water partition coefficient (Wildman–Crippen LogP) is 5.36. The molecule has 2 aliphatic heterocycles. The molecule has 0 radical (unpaired) electrons. The summed E-state index contributed by atoms with van der Waals surface area (Å²) in [6, 6.07) is 18.6. The number of halogens is 1. The molecule has 8 heteroatoms. The Balaban J connectivity index is 1.34. The van der Waals surface area contributed by atoms with Gasteiger partial charge < -0.3 is 29.2 Å². The van der Waals surface area contributed by atoms with Gasteiger partial charge in [0.2, 0.25) is 0 Å². The zero-order valence-electron chi connectivity index (χ0n) is 22.6. The van der Waals surface area contributed by atoms with Crippen LogP contribution >= 0.6 is 0 Å². The second-order valence-electron chi connectivity index (χ2n) is 10.3. The quantitative estimate of drug-likeness (QED) is 0.378. The number of fused-ring (bicyclic) bond motifs is 2. The fourth-order valence-electron chi connectivity index (χ4n) is 5.50. The number of ether oxygens (including phenoxy) is 4. The molecule has 1 N–H and O–H groups in total. The summed E-state index contributed by atoms with van der Waals surface area (Å²) in [5.41, 5.74) is 1.92. The Morgan fingerprint density at radius 1 is 0.872 bits per heavy atom. The number of hydrogen-bond donors (Lipinski definition) is 1. The van der Waals surface area contributed by atoms with Crippen LogP contribution in [0.1, 0.15) is 47.2 Å². The van der Waals surface area contributed by atoms with Crippen LogP contribution in [0.4, 0.5) is 4.39 Å². The molecule has 3 aromatic carbocycles. The number of hydrogen-bond acceptors (Lipinski definition) is 6. The highest BCUT2D eigenvalue weighted by atomic mass is 19.1. The standard InChI is InChI=1S/C31H35FN2O5/c1-34-24-8-9-25(34)17-23(16-24)33-31(35)22-14-28(32)30(39-19-21-6-12-27(37-3)13-7-21)29(15-22)38-18-20-4-10-26(36-2)11-5-20/h4-7,10-15,23-25H,8-9,16-19H2,1-3H3,(H,33,35)/t23-,24+,25-. The van der Waals surface area contributed by atoms with Gasteiger partial charge in [-0.2, -0.15) is 0 Å². The van der Waals surface area contributed by atoms with Gasteiger partial charge in [0.15, 0.2) is 17.3 Å². The third kappa shape index (κ3) is 6.28. The normalized spacial score (nSPS) is 20.4. The average molecular weight is 535 g/mol. The van der Waals surface area contributed by atoms with E-state index in [-0.39, 0.29) is 42.2 Å². The highest BCUT2D eigenvalue weighted by molar-refractivity contribution is 5.95. The van der Waals surface area contributed by atoms with E-state index in [0.717, 1.165) is 48.3 Å². The molecule has 0 saturated carbocycles. The number of nitrogens with one attached hydrogen (secondary N) is 1. The molecule has 2 aliphatic rings. The van der Waals surface area contributed by atoms with Crippen LogP contribution in [0.25, 0.3) is 0 Å². The number of carbonyl (C=O) groups is 1. The zero-order valence-corrected chi connectivity index (χ0v) is 22.6. The first kappa shape index (κ1) is 26.8. The van der Waals surface area contributed by atoms with Crippen LogP contribution in [0.15, 0.2) is 60.7 Å². The average Bonchev–Trinajstić information content (AvgIpc) is 3.15. The molecule has 5 rings (SSSR count). The minimum absolute atomic E-state index is 0.0341. The Labute approximate surface area is 228 Å². The molecule has 206 valence electrons. The number of benzene rings is 3. The van der Waals surface area contributed by atoms with Crippen LogP contribution in [0, 0.1) is 5.82 Å². The molecule has 3 atom stereocenters. The molecule has 3 aromatic rings. The van der Waals surface area contributed by atoms with Crippen molar-refractivity contribution in [1.29, 1.82) is 0 Å². The van der Waals surface area contributed by atoms with Crippen molar-refractivity contribution in [3.05, 3.63) is 83.2 Å². The van der Waals surface area contributed by atoms with Crippen molar-refractivity contribution in [2.75, 3.05) is 21.3 Å². The fourth-order valence-corrected chi connectivity index (χ4v) is 5.50. The van der Waals surface area contributed by atoms with E-state index in [0.29, 0.717) is 12.1 Å². The maximum absolute atomic E-state index is 15.5. The van der Waals surface area contributed by atoms with Crippen molar-refractivity contribution in [3.63, 3.8) is 0 Å². The first-order valence-electron chi connectivity index (χ1n) is 13.3. The Hall–Kier alpha value is -3.78. The van der Waals surface area contributed by atoms with Crippen LogP contribution in [-0.2, 0) is 13.2 Å². The topological polar surface area (TPSA) is 69.3 Å². The van der Waals surface area contributed by atoms with Gasteiger partial charge in [0.1, 0.15) is 24.7 Å². The van der Waals surface area contributed by atoms with E-state index >= 15 is 4.39 Å². The molecular formula is C31H35FN2O5. The van der Waals surface area contributed by atoms with E-state index in [1.807, 2.05) is 48.5 Å². The molecule has 0 aromatic heterocycles. The molecule has 0 aliphatic carbocycles. The molecule has 2 bridgehead atoms. The van der Waals surface area contributed by atoms with Crippen LogP contribution in [-0.4, -0.2) is 50.2 Å². The molecule has 2 saturated heterocycles. The van der Waals surface area contributed by atoms with E-state index in [4.69, 9.17) is 18.9 Å². The first-order valence-corrected chi connectivity index (χ1v) is 13.3. The third-order valence-corrected chi connectivity index (χ3v) is 7.80. The van der Waals surface area contributed by atoms with Crippen molar-refractivity contribution >= 4 is 5.91 Å². The Morgan fingerprint density at radius 2 is 1.41 bits per heavy atom. The van der Waals surface area contributed by atoms with E-state index in [1.165, 1.54) is 6.07 Å². The minimum Gasteiger partial charge on any atom is -0.497 e. The highest BCUT2D eigenvalue weighted by Crippen LogP contribution is 2.36. The molecule has 0 unspecified atom stereocenters. The monoisotopic (exact) mass is 534 g/mol. The second-order valence-corrected chi connectivity index (χ2v) is 10.3. The number of methoxy groups -OCH3 is 2. The van der Waals surface area contributed by atoms with Crippen molar-refractivity contribution in [1.82, 2.24) is 10.2 Å². The highest BCUT2D eigenvalue weighted by Gasteiger charge is 2.39. The largest absolute Gasteiger partial charge is 0.497 e. The summed E-state index contributed by atoms with van der Waals surface area (Å²) in [6.07, 6.45) is 4.13. The predicted molar refractivity (Wildman–Crippen MR) is 146 cm³/mol. The minimum atomic E-state index is -0.649. The molecule has 2 heterocycles. The summed E-state index contributed by atoms with van der Waals surface area (Å²) in [7, 11) is 5.36. The summed E-state index contributed by atoms with van der Waals surface area (Å²) in [4.78, 5) is 15.6. The molecular weight excluding hydrogens is 499 g/mol. The number of rotatable bonds is 10. The summed E-state index contributed by atoms with van der Waals surface area (Å²) in [6.45, 7) is 0.301. The lowest BCUT2D eigenvalue weighted by molar-refractivity contribution is 0.0881. The molecule has 2 fully saturated rings. The van der Waals surface area contributed by atoms with E-state index in [2.05, 4.69) is 17.3 Å². The van der Waals surface area contributed by atoms with Crippen LogP contribution < -0.4 is 24.3 Å². The van der Waals surface area contributed by atoms with Crippen molar-refractivity contribution in [3.8, 4) is 23.0 Å². The first-order chi connectivity index (χ1) is 18.9. The third-order valence-electron chi connectivity index (χ3n) is 7.80. The maximum atomic E-state index is 15.5. The van der Waals surface area contributed by atoms with Crippen molar-refractivity contribution in [2.24, 2.45) is 0 Å². The Kier molecular flexibility index (Phi) is 8.21. The van der Waals surface area contributed by atoms with Gasteiger partial charge in [0.05, 0.1) is 14.2 Å². The number of amides is 1. The van der Waals surface area contributed by atoms with Gasteiger partial charge in [-0.1, -0.05) is 24.3 Å². The van der Waals surface area contributed by atoms with Crippen molar-refractivity contribution in [2.45, 2.75) is 57.0 Å². The Bertz CT molecular complexity index is 1270. The number of carbonyl (C=O) groups excluding carboxylic acids is 1. The van der Waals surface area contributed by atoms with Crippen LogP contribution in [0.5, 0.6) is 23.0 Å². The number of piperidine rings is 1. The zero-order chi connectivity index (χ0) is 27.4. The molecule has 7 nitrogen and oxygen atoms in total. The molecule has 0 spiro atoms. The van der Waals surface area contributed by atoms with Gasteiger partial charge in [-0.05, 0) is 80.3 Å². The van der Waals surface area contributed by atoms with Crippen LogP contribution in [0.2, 0.25) is 0 Å². The van der Waals surface area contributed by atoms with Gasteiger partial charge in [0.25, 0.3) is 5.91 Å². The summed E-state index contributed by atoms with van der Waals surface area (Å²) in [5.74, 6) is 0.639. The fraction of sp³-hybridized carbons (Fsp3) is 0.387. The summed E-state index contributed by atoms with van der Waals surface area (Å²) >= 11 is 0. The lowest BCUT2D eigenvalue weighted by Gasteiger charge is -2.36. The maximum Gasteiger partial charge on any atom is 0.251 e. The van der Waals surface area contributed by atoms with E-state index < -0.39 is 5.82 Å².